The maximum Gasteiger partial charge on any atom is 0.114 e. The molecular formula is C12H24O4. The molecule has 1 rings (SSSR count). The minimum absolute atomic E-state index is 0.0337. The summed E-state index contributed by atoms with van der Waals surface area (Å²) in [5.74, 6) is 0. The second kappa shape index (κ2) is 6.55. The number of hydrogen-bond acceptors (Lipinski definition) is 4. The molecule has 4 nitrogen and oxygen atoms in total. The SMILES string of the molecule is CCCO[C@@H]1[C@@H](OC)[C@@H](OC)C(C)O[C@H]1C. The molecule has 5 atom stereocenters. The molecule has 0 aromatic heterocycles. The molecule has 0 aromatic carbocycles. The van der Waals surface area contributed by atoms with Gasteiger partial charge < -0.3 is 18.9 Å². The zero-order valence-electron chi connectivity index (χ0n) is 10.9. The van der Waals surface area contributed by atoms with Crippen molar-refractivity contribution in [3.63, 3.8) is 0 Å². The lowest BCUT2D eigenvalue weighted by molar-refractivity contribution is -0.239. The zero-order chi connectivity index (χ0) is 12.1. The van der Waals surface area contributed by atoms with Gasteiger partial charge in [0.05, 0.1) is 12.2 Å². The molecule has 0 spiro atoms. The molecule has 0 N–H and O–H groups in total. The lowest BCUT2D eigenvalue weighted by Crippen LogP contribution is -2.58. The van der Waals surface area contributed by atoms with Crippen LogP contribution in [-0.2, 0) is 18.9 Å². The fraction of sp³-hybridized carbons (Fsp3) is 1.00. The van der Waals surface area contributed by atoms with Crippen LogP contribution in [0.4, 0.5) is 0 Å². The van der Waals surface area contributed by atoms with Crippen molar-refractivity contribution in [2.45, 2.75) is 57.7 Å². The lowest BCUT2D eigenvalue weighted by atomic mass is 9.96. The molecular weight excluding hydrogens is 208 g/mol. The third-order valence-electron chi connectivity index (χ3n) is 3.06. The minimum atomic E-state index is -0.0666. The first-order valence-electron chi connectivity index (χ1n) is 5.98. The Hall–Kier alpha value is -0.160. The number of hydrogen-bond donors (Lipinski definition) is 0. The molecule has 1 saturated heterocycles. The van der Waals surface area contributed by atoms with E-state index >= 15 is 0 Å². The van der Waals surface area contributed by atoms with Crippen molar-refractivity contribution in [1.82, 2.24) is 0 Å². The van der Waals surface area contributed by atoms with Gasteiger partial charge in [-0.1, -0.05) is 6.92 Å². The van der Waals surface area contributed by atoms with E-state index in [1.807, 2.05) is 13.8 Å². The minimum Gasteiger partial charge on any atom is -0.376 e. The van der Waals surface area contributed by atoms with Crippen molar-refractivity contribution >= 4 is 0 Å². The average Bonchev–Trinajstić information content (AvgIpc) is 2.27. The van der Waals surface area contributed by atoms with Gasteiger partial charge in [-0.2, -0.15) is 0 Å². The van der Waals surface area contributed by atoms with Gasteiger partial charge in [0, 0.05) is 20.8 Å². The first-order chi connectivity index (χ1) is 7.65. The highest BCUT2D eigenvalue weighted by Crippen LogP contribution is 2.26. The monoisotopic (exact) mass is 232 g/mol. The van der Waals surface area contributed by atoms with Crippen LogP contribution in [0.25, 0.3) is 0 Å². The van der Waals surface area contributed by atoms with Crippen LogP contribution in [0, 0.1) is 0 Å². The van der Waals surface area contributed by atoms with Crippen LogP contribution < -0.4 is 0 Å². The fourth-order valence-corrected chi connectivity index (χ4v) is 2.29. The van der Waals surface area contributed by atoms with Gasteiger partial charge in [-0.25, -0.2) is 0 Å². The van der Waals surface area contributed by atoms with Gasteiger partial charge in [-0.15, -0.1) is 0 Å². The normalized spacial score (nSPS) is 39.9. The molecule has 0 aliphatic carbocycles. The summed E-state index contributed by atoms with van der Waals surface area (Å²) in [5, 5.41) is 0. The second-order valence-electron chi connectivity index (χ2n) is 4.28. The van der Waals surface area contributed by atoms with Gasteiger partial charge in [0.1, 0.15) is 18.3 Å². The molecule has 1 aliphatic rings. The lowest BCUT2D eigenvalue weighted by Gasteiger charge is -2.43. The van der Waals surface area contributed by atoms with E-state index in [2.05, 4.69) is 6.92 Å². The number of methoxy groups -OCH3 is 2. The first-order valence-corrected chi connectivity index (χ1v) is 5.98. The summed E-state index contributed by atoms with van der Waals surface area (Å²) >= 11 is 0. The molecule has 0 saturated carbocycles. The Morgan fingerprint density at radius 1 is 0.938 bits per heavy atom. The van der Waals surface area contributed by atoms with Crippen molar-refractivity contribution in [2.75, 3.05) is 20.8 Å². The summed E-state index contributed by atoms with van der Waals surface area (Å²) < 4.78 is 22.6. The van der Waals surface area contributed by atoms with Crippen molar-refractivity contribution in [2.24, 2.45) is 0 Å². The predicted octanol–water partition coefficient (Wildman–Crippen LogP) is 1.62. The Balaban J connectivity index is 2.70. The van der Waals surface area contributed by atoms with E-state index in [4.69, 9.17) is 18.9 Å². The summed E-state index contributed by atoms with van der Waals surface area (Å²) in [7, 11) is 3.38. The summed E-state index contributed by atoms with van der Waals surface area (Å²) in [6, 6.07) is 0. The molecule has 1 aliphatic heterocycles. The molecule has 0 radical (unpaired) electrons. The molecule has 96 valence electrons. The summed E-state index contributed by atoms with van der Waals surface area (Å²) in [6.45, 7) is 6.84. The van der Waals surface area contributed by atoms with Crippen molar-refractivity contribution in [3.8, 4) is 0 Å². The molecule has 4 heteroatoms. The first kappa shape index (κ1) is 13.9. The summed E-state index contributed by atoms with van der Waals surface area (Å²) in [4.78, 5) is 0. The third kappa shape index (κ3) is 2.94. The Morgan fingerprint density at radius 3 is 2.00 bits per heavy atom. The third-order valence-corrected chi connectivity index (χ3v) is 3.06. The van der Waals surface area contributed by atoms with E-state index in [0.29, 0.717) is 0 Å². The van der Waals surface area contributed by atoms with E-state index in [1.165, 1.54) is 0 Å². The summed E-state index contributed by atoms with van der Waals surface area (Å²) in [5.41, 5.74) is 0. The highest BCUT2D eigenvalue weighted by atomic mass is 16.6. The highest BCUT2D eigenvalue weighted by Gasteiger charge is 2.43. The second-order valence-corrected chi connectivity index (χ2v) is 4.28. The van der Waals surface area contributed by atoms with E-state index in [9.17, 15) is 0 Å². The van der Waals surface area contributed by atoms with E-state index in [1.54, 1.807) is 14.2 Å². The quantitative estimate of drug-likeness (QED) is 0.722. The highest BCUT2D eigenvalue weighted by molar-refractivity contribution is 4.91. The zero-order valence-corrected chi connectivity index (χ0v) is 10.9. The average molecular weight is 232 g/mol. The Kier molecular flexibility index (Phi) is 5.69. The van der Waals surface area contributed by atoms with Crippen LogP contribution in [0.5, 0.6) is 0 Å². The van der Waals surface area contributed by atoms with Gasteiger partial charge >= 0.3 is 0 Å². The topological polar surface area (TPSA) is 36.9 Å². The smallest absolute Gasteiger partial charge is 0.114 e. The van der Waals surface area contributed by atoms with Crippen LogP contribution in [0.3, 0.4) is 0 Å². The Labute approximate surface area is 98.2 Å². The predicted molar refractivity (Wildman–Crippen MR) is 61.6 cm³/mol. The van der Waals surface area contributed by atoms with Gasteiger partial charge in [-0.05, 0) is 20.3 Å². The van der Waals surface area contributed by atoms with Crippen LogP contribution >= 0.6 is 0 Å². The molecule has 1 fully saturated rings. The van der Waals surface area contributed by atoms with Gasteiger partial charge in [0.25, 0.3) is 0 Å². The Bertz CT molecular complexity index is 197. The number of ether oxygens (including phenoxy) is 4. The number of rotatable bonds is 5. The van der Waals surface area contributed by atoms with Gasteiger partial charge in [-0.3, -0.25) is 0 Å². The summed E-state index contributed by atoms with van der Waals surface area (Å²) in [6.07, 6.45) is 0.890. The largest absolute Gasteiger partial charge is 0.376 e. The van der Waals surface area contributed by atoms with E-state index in [-0.39, 0.29) is 30.5 Å². The van der Waals surface area contributed by atoms with Crippen LogP contribution in [0.15, 0.2) is 0 Å². The van der Waals surface area contributed by atoms with Crippen molar-refractivity contribution in [1.29, 1.82) is 0 Å². The van der Waals surface area contributed by atoms with Gasteiger partial charge in [0.15, 0.2) is 0 Å². The standard InChI is InChI=1S/C12H24O4/c1-6-7-15-11-9(3)16-8(2)10(13-4)12(11)14-5/h8-12H,6-7H2,1-5H3/t8?,9-,10-,11-,12-/m0/s1. The fourth-order valence-electron chi connectivity index (χ4n) is 2.29. The molecule has 0 amide bonds. The van der Waals surface area contributed by atoms with Crippen molar-refractivity contribution in [3.05, 3.63) is 0 Å². The Morgan fingerprint density at radius 2 is 1.50 bits per heavy atom. The van der Waals surface area contributed by atoms with Crippen LogP contribution in [0.1, 0.15) is 27.2 Å². The van der Waals surface area contributed by atoms with Crippen molar-refractivity contribution < 1.29 is 18.9 Å². The van der Waals surface area contributed by atoms with Crippen LogP contribution in [-0.4, -0.2) is 51.3 Å². The van der Waals surface area contributed by atoms with Gasteiger partial charge in [0.2, 0.25) is 0 Å². The maximum atomic E-state index is 5.80. The maximum absolute atomic E-state index is 5.80. The van der Waals surface area contributed by atoms with E-state index < -0.39 is 0 Å². The van der Waals surface area contributed by atoms with E-state index in [0.717, 1.165) is 13.0 Å². The molecule has 1 heterocycles. The molecule has 16 heavy (non-hydrogen) atoms. The molecule has 1 unspecified atom stereocenters. The van der Waals surface area contributed by atoms with Crippen LogP contribution in [0.2, 0.25) is 0 Å². The molecule has 0 aromatic rings. The molecule has 0 bridgehead atoms.